The second kappa shape index (κ2) is 7.03. The topological polar surface area (TPSA) is 75.6 Å². The molecule has 3 aromatic rings. The molecule has 0 bridgehead atoms. The van der Waals surface area contributed by atoms with E-state index >= 15 is 0 Å². The van der Waals surface area contributed by atoms with Crippen LogP contribution in [-0.2, 0) is 4.79 Å². The van der Waals surface area contributed by atoms with E-state index in [0.717, 1.165) is 53.1 Å². The van der Waals surface area contributed by atoms with Crippen LogP contribution in [0.15, 0.2) is 35.6 Å². The third-order valence-corrected chi connectivity index (χ3v) is 6.40. The molecule has 5 rings (SSSR count). The Balaban J connectivity index is 1.37. The van der Waals surface area contributed by atoms with Crippen molar-refractivity contribution in [3.8, 4) is 11.4 Å². The summed E-state index contributed by atoms with van der Waals surface area (Å²) in [6, 6.07) is 9.05. The predicted octanol–water partition coefficient (Wildman–Crippen LogP) is 3.91. The minimum atomic E-state index is 0.103. The molecule has 2 fully saturated rings. The Hall–Kier alpha value is -2.28. The maximum absolute atomic E-state index is 12.3. The highest BCUT2D eigenvalue weighted by atomic mass is 32.2. The van der Waals surface area contributed by atoms with Gasteiger partial charge in [-0.3, -0.25) is 9.36 Å². The van der Waals surface area contributed by atoms with Crippen molar-refractivity contribution >= 4 is 28.6 Å². The minimum absolute atomic E-state index is 0.103. The molecule has 0 atom stereocenters. The number of nitrogens with one attached hydrogen (secondary N) is 2. The van der Waals surface area contributed by atoms with E-state index in [1.54, 1.807) is 0 Å². The molecule has 27 heavy (non-hydrogen) atoms. The van der Waals surface area contributed by atoms with Gasteiger partial charge >= 0.3 is 0 Å². The van der Waals surface area contributed by atoms with Crippen LogP contribution in [0.1, 0.15) is 44.6 Å². The van der Waals surface area contributed by atoms with Gasteiger partial charge in [-0.15, -0.1) is 10.2 Å². The standard InChI is InChI=1S/C20H23N5OS/c26-18(22-13-5-1-2-6-13)12-27-20-24-23-19(25(20)14-9-10-14)16-11-21-17-8-4-3-7-15(16)17/h3-4,7-8,11,13-14,21H,1-2,5-6,9-10,12H2,(H,22,26). The Morgan fingerprint density at radius 2 is 2.00 bits per heavy atom. The fourth-order valence-electron chi connectivity index (χ4n) is 3.95. The van der Waals surface area contributed by atoms with E-state index in [1.807, 2.05) is 18.3 Å². The fourth-order valence-corrected chi connectivity index (χ4v) is 4.76. The highest BCUT2D eigenvalue weighted by Crippen LogP contribution is 2.42. The Labute approximate surface area is 162 Å². The molecule has 0 radical (unpaired) electrons. The summed E-state index contributed by atoms with van der Waals surface area (Å²) in [4.78, 5) is 15.6. The molecule has 2 saturated carbocycles. The molecule has 2 aliphatic carbocycles. The first kappa shape index (κ1) is 16.9. The van der Waals surface area contributed by atoms with Crippen molar-refractivity contribution in [2.75, 3.05) is 5.75 Å². The van der Waals surface area contributed by atoms with Crippen LogP contribution in [-0.4, -0.2) is 37.5 Å². The summed E-state index contributed by atoms with van der Waals surface area (Å²) in [5.41, 5.74) is 2.18. The third kappa shape index (κ3) is 3.36. The number of carbonyl (C=O) groups excluding carboxylic acids is 1. The molecule has 7 heteroatoms. The molecule has 2 aromatic heterocycles. The summed E-state index contributed by atoms with van der Waals surface area (Å²) in [6.45, 7) is 0. The second-order valence-electron chi connectivity index (χ2n) is 7.49. The molecular weight excluding hydrogens is 358 g/mol. The van der Waals surface area contributed by atoms with Gasteiger partial charge in [0.15, 0.2) is 11.0 Å². The van der Waals surface area contributed by atoms with Crippen LogP contribution in [0.3, 0.4) is 0 Å². The van der Waals surface area contributed by atoms with Crippen LogP contribution in [0, 0.1) is 0 Å². The zero-order chi connectivity index (χ0) is 18.2. The largest absolute Gasteiger partial charge is 0.360 e. The number of H-pyrrole nitrogens is 1. The van der Waals surface area contributed by atoms with E-state index < -0.39 is 0 Å². The van der Waals surface area contributed by atoms with Crippen LogP contribution >= 0.6 is 11.8 Å². The number of aromatic nitrogens is 4. The highest BCUT2D eigenvalue weighted by Gasteiger charge is 2.31. The summed E-state index contributed by atoms with van der Waals surface area (Å²) in [7, 11) is 0. The van der Waals surface area contributed by atoms with Gasteiger partial charge in [-0.25, -0.2) is 0 Å². The number of hydrogen-bond donors (Lipinski definition) is 2. The summed E-state index contributed by atoms with van der Waals surface area (Å²) >= 11 is 1.50. The normalized spacial score (nSPS) is 17.6. The van der Waals surface area contributed by atoms with Crippen molar-refractivity contribution in [1.82, 2.24) is 25.1 Å². The molecule has 6 nitrogen and oxygen atoms in total. The lowest BCUT2D eigenvalue weighted by Gasteiger charge is -2.12. The molecule has 1 aromatic carbocycles. The first-order valence-electron chi connectivity index (χ1n) is 9.73. The fraction of sp³-hybridized carbons (Fsp3) is 0.450. The van der Waals surface area contributed by atoms with Crippen molar-refractivity contribution in [3.05, 3.63) is 30.5 Å². The number of amides is 1. The first-order valence-corrected chi connectivity index (χ1v) is 10.7. The average Bonchev–Trinajstić information content (AvgIpc) is 3.09. The maximum Gasteiger partial charge on any atom is 0.230 e. The average molecular weight is 382 g/mol. The lowest BCUT2D eigenvalue weighted by Crippen LogP contribution is -2.33. The molecule has 0 aliphatic heterocycles. The summed E-state index contributed by atoms with van der Waals surface area (Å²) in [6.07, 6.45) is 8.97. The maximum atomic E-state index is 12.3. The number of benzene rings is 1. The van der Waals surface area contributed by atoms with Crippen LogP contribution < -0.4 is 5.32 Å². The number of aromatic amines is 1. The van der Waals surface area contributed by atoms with Gasteiger partial charge in [-0.2, -0.15) is 0 Å². The lowest BCUT2D eigenvalue weighted by atomic mass is 10.1. The van der Waals surface area contributed by atoms with Crippen molar-refractivity contribution in [2.24, 2.45) is 0 Å². The zero-order valence-corrected chi connectivity index (χ0v) is 16.0. The van der Waals surface area contributed by atoms with Crippen molar-refractivity contribution in [2.45, 2.75) is 55.8 Å². The van der Waals surface area contributed by atoms with E-state index in [-0.39, 0.29) is 5.91 Å². The van der Waals surface area contributed by atoms with Gasteiger partial charge in [0.1, 0.15) is 0 Å². The first-order chi connectivity index (χ1) is 13.3. The minimum Gasteiger partial charge on any atom is -0.360 e. The van der Waals surface area contributed by atoms with Gasteiger partial charge < -0.3 is 10.3 Å². The number of fused-ring (bicyclic) bond motifs is 1. The number of rotatable bonds is 6. The number of nitrogens with zero attached hydrogens (tertiary/aromatic N) is 3. The van der Waals surface area contributed by atoms with Gasteiger partial charge in [-0.1, -0.05) is 42.8 Å². The molecule has 0 spiro atoms. The SMILES string of the molecule is O=C(CSc1nnc(-c2c[nH]c3ccccc23)n1C1CC1)NC1CCCC1. The summed E-state index contributed by atoms with van der Waals surface area (Å²) in [5, 5.41) is 14.1. The van der Waals surface area contributed by atoms with Crippen molar-refractivity contribution in [1.29, 1.82) is 0 Å². The smallest absolute Gasteiger partial charge is 0.230 e. The molecule has 0 unspecified atom stereocenters. The van der Waals surface area contributed by atoms with E-state index in [0.29, 0.717) is 17.8 Å². The molecule has 2 N–H and O–H groups in total. The van der Waals surface area contributed by atoms with E-state index in [2.05, 4.69) is 37.2 Å². The Kier molecular flexibility index (Phi) is 4.39. The zero-order valence-electron chi connectivity index (χ0n) is 15.1. The predicted molar refractivity (Wildman–Crippen MR) is 107 cm³/mol. The Morgan fingerprint density at radius 1 is 1.19 bits per heavy atom. The Bertz CT molecular complexity index is 968. The van der Waals surface area contributed by atoms with Crippen molar-refractivity contribution in [3.63, 3.8) is 0 Å². The van der Waals surface area contributed by atoms with Crippen LogP contribution in [0.2, 0.25) is 0 Å². The highest BCUT2D eigenvalue weighted by molar-refractivity contribution is 7.99. The molecule has 2 heterocycles. The quantitative estimate of drug-likeness (QED) is 0.635. The van der Waals surface area contributed by atoms with E-state index in [9.17, 15) is 4.79 Å². The van der Waals surface area contributed by atoms with Crippen molar-refractivity contribution < 1.29 is 4.79 Å². The van der Waals surface area contributed by atoms with Crippen LogP contribution in [0.4, 0.5) is 0 Å². The van der Waals surface area contributed by atoms with Gasteiger partial charge in [0.25, 0.3) is 0 Å². The molecule has 0 saturated heterocycles. The van der Waals surface area contributed by atoms with E-state index in [4.69, 9.17) is 0 Å². The summed E-state index contributed by atoms with van der Waals surface area (Å²) < 4.78 is 2.23. The monoisotopic (exact) mass is 381 g/mol. The van der Waals surface area contributed by atoms with E-state index in [1.165, 1.54) is 24.6 Å². The lowest BCUT2D eigenvalue weighted by molar-refractivity contribution is -0.119. The van der Waals surface area contributed by atoms with Gasteiger partial charge in [0, 0.05) is 34.7 Å². The third-order valence-electron chi connectivity index (χ3n) is 5.46. The number of thioether (sulfide) groups is 1. The molecular formula is C20H23N5OS. The molecule has 140 valence electrons. The molecule has 2 aliphatic rings. The van der Waals surface area contributed by atoms with Gasteiger partial charge in [-0.05, 0) is 31.7 Å². The second-order valence-corrected chi connectivity index (χ2v) is 8.44. The van der Waals surface area contributed by atoms with Crippen LogP contribution in [0.5, 0.6) is 0 Å². The van der Waals surface area contributed by atoms with Gasteiger partial charge in [0.2, 0.25) is 5.91 Å². The van der Waals surface area contributed by atoms with Crippen LogP contribution in [0.25, 0.3) is 22.3 Å². The number of carbonyl (C=O) groups is 1. The summed E-state index contributed by atoms with van der Waals surface area (Å²) in [5.74, 6) is 1.40. The Morgan fingerprint density at radius 3 is 2.81 bits per heavy atom. The number of hydrogen-bond acceptors (Lipinski definition) is 4. The molecule has 1 amide bonds. The van der Waals surface area contributed by atoms with Gasteiger partial charge in [0.05, 0.1) is 5.75 Å². The number of para-hydroxylation sites is 1.